The first-order chi connectivity index (χ1) is 10.7. The number of nitrogens with zero attached hydrogens (tertiary/aromatic N) is 1. The van der Waals surface area contributed by atoms with E-state index in [-0.39, 0.29) is 11.4 Å². The first-order valence-corrected chi connectivity index (χ1v) is 6.80. The number of ether oxygens (including phenoxy) is 1. The minimum atomic E-state index is -0.330. The van der Waals surface area contributed by atoms with Crippen LogP contribution in [0.1, 0.15) is 0 Å². The third-order valence-corrected chi connectivity index (χ3v) is 3.44. The van der Waals surface area contributed by atoms with Crippen molar-refractivity contribution in [2.45, 2.75) is 0 Å². The lowest BCUT2D eigenvalue weighted by Crippen LogP contribution is -2.16. The Morgan fingerprint density at radius 2 is 1.50 bits per heavy atom. The average Bonchev–Trinajstić information content (AvgIpc) is 2.56. The molecule has 2 aromatic carbocycles. The second-order valence-electron chi connectivity index (χ2n) is 4.83. The van der Waals surface area contributed by atoms with Gasteiger partial charge in [0.1, 0.15) is 11.6 Å². The number of methoxy groups -OCH3 is 1. The van der Waals surface area contributed by atoms with E-state index in [1.165, 1.54) is 22.8 Å². The topological polar surface area (TPSA) is 31.2 Å². The highest BCUT2D eigenvalue weighted by Crippen LogP contribution is 2.22. The summed E-state index contributed by atoms with van der Waals surface area (Å²) in [5.41, 5.74) is 2.33. The highest BCUT2D eigenvalue weighted by Gasteiger charge is 2.04. The number of pyridine rings is 1. The Hall–Kier alpha value is -2.88. The zero-order valence-electron chi connectivity index (χ0n) is 12.0. The van der Waals surface area contributed by atoms with Crippen molar-refractivity contribution in [2.75, 3.05) is 7.11 Å². The Morgan fingerprint density at radius 3 is 2.14 bits per heavy atom. The summed E-state index contributed by atoms with van der Waals surface area (Å²) < 4.78 is 19.7. The van der Waals surface area contributed by atoms with Gasteiger partial charge in [-0.15, -0.1) is 0 Å². The molecular weight excluding hydrogens is 281 g/mol. The molecule has 0 radical (unpaired) electrons. The van der Waals surface area contributed by atoms with Gasteiger partial charge in [0.05, 0.1) is 7.11 Å². The molecule has 0 saturated heterocycles. The largest absolute Gasteiger partial charge is 0.497 e. The molecule has 4 heteroatoms. The minimum Gasteiger partial charge on any atom is -0.497 e. The van der Waals surface area contributed by atoms with Gasteiger partial charge in [-0.1, -0.05) is 12.1 Å². The third-order valence-electron chi connectivity index (χ3n) is 3.44. The summed E-state index contributed by atoms with van der Waals surface area (Å²) in [7, 11) is 1.61. The summed E-state index contributed by atoms with van der Waals surface area (Å²) in [6.45, 7) is 0. The van der Waals surface area contributed by atoms with Crippen molar-refractivity contribution in [2.24, 2.45) is 0 Å². The molecule has 0 unspecified atom stereocenters. The van der Waals surface area contributed by atoms with Crippen molar-refractivity contribution in [1.29, 1.82) is 0 Å². The van der Waals surface area contributed by atoms with Gasteiger partial charge in [-0.25, -0.2) is 4.39 Å². The molecule has 0 fully saturated rings. The zero-order valence-corrected chi connectivity index (χ0v) is 12.0. The van der Waals surface area contributed by atoms with Crippen molar-refractivity contribution < 1.29 is 9.13 Å². The van der Waals surface area contributed by atoms with Crippen LogP contribution in [0, 0.1) is 5.82 Å². The monoisotopic (exact) mass is 295 g/mol. The van der Waals surface area contributed by atoms with Crippen molar-refractivity contribution in [3.05, 3.63) is 83.0 Å². The molecule has 0 saturated carbocycles. The Bertz CT molecular complexity index is 836. The number of benzene rings is 2. The van der Waals surface area contributed by atoms with E-state index in [1.807, 2.05) is 24.3 Å². The third kappa shape index (κ3) is 2.76. The standard InChI is InChI=1S/C18H14FNO2/c1-22-17-9-2-13(3-10-17)14-4-11-18(21)20(12-14)16-7-5-15(19)6-8-16/h2-12H,1H3. The molecular formula is C18H14FNO2. The van der Waals surface area contributed by atoms with Crippen LogP contribution in [0.5, 0.6) is 5.75 Å². The molecule has 22 heavy (non-hydrogen) atoms. The Kier molecular flexibility index (Phi) is 3.74. The fraction of sp³-hybridized carbons (Fsp3) is 0.0556. The van der Waals surface area contributed by atoms with Gasteiger partial charge in [0.2, 0.25) is 0 Å². The van der Waals surface area contributed by atoms with Gasteiger partial charge in [-0.2, -0.15) is 0 Å². The minimum absolute atomic E-state index is 0.163. The van der Waals surface area contributed by atoms with E-state index in [2.05, 4.69) is 0 Å². The van der Waals surface area contributed by atoms with Crippen LogP contribution in [0.2, 0.25) is 0 Å². The molecule has 0 atom stereocenters. The first-order valence-electron chi connectivity index (χ1n) is 6.80. The maximum absolute atomic E-state index is 13.0. The van der Waals surface area contributed by atoms with Crippen LogP contribution in [0.3, 0.4) is 0 Å². The van der Waals surface area contributed by atoms with Crippen LogP contribution in [0.15, 0.2) is 71.7 Å². The van der Waals surface area contributed by atoms with E-state index in [0.29, 0.717) is 5.69 Å². The van der Waals surface area contributed by atoms with Crippen LogP contribution < -0.4 is 10.3 Å². The van der Waals surface area contributed by atoms with Crippen molar-refractivity contribution in [3.8, 4) is 22.6 Å². The molecule has 0 aliphatic carbocycles. The van der Waals surface area contributed by atoms with Crippen LogP contribution >= 0.6 is 0 Å². The fourth-order valence-electron chi connectivity index (χ4n) is 2.24. The lowest BCUT2D eigenvalue weighted by atomic mass is 10.1. The van der Waals surface area contributed by atoms with Crippen LogP contribution in [0.25, 0.3) is 16.8 Å². The normalized spacial score (nSPS) is 10.5. The molecule has 1 aromatic heterocycles. The Balaban J connectivity index is 2.05. The smallest absolute Gasteiger partial charge is 0.255 e. The highest BCUT2D eigenvalue weighted by molar-refractivity contribution is 5.63. The number of rotatable bonds is 3. The zero-order chi connectivity index (χ0) is 15.5. The molecule has 0 spiro atoms. The maximum atomic E-state index is 13.0. The highest BCUT2D eigenvalue weighted by atomic mass is 19.1. The van der Waals surface area contributed by atoms with Gasteiger partial charge < -0.3 is 4.74 Å². The van der Waals surface area contributed by atoms with E-state index in [9.17, 15) is 9.18 Å². The first kappa shape index (κ1) is 14.1. The number of hydrogen-bond donors (Lipinski definition) is 0. The molecule has 0 N–H and O–H groups in total. The molecule has 3 rings (SSSR count). The SMILES string of the molecule is COc1ccc(-c2ccc(=O)n(-c3ccc(F)cc3)c2)cc1. The van der Waals surface area contributed by atoms with Gasteiger partial charge in [0.15, 0.2) is 0 Å². The quantitative estimate of drug-likeness (QED) is 0.738. The van der Waals surface area contributed by atoms with Crippen molar-refractivity contribution >= 4 is 0 Å². The number of aromatic nitrogens is 1. The van der Waals surface area contributed by atoms with Gasteiger partial charge >= 0.3 is 0 Å². The summed E-state index contributed by atoms with van der Waals surface area (Å²) in [4.78, 5) is 12.0. The van der Waals surface area contributed by atoms with Crippen LogP contribution in [0.4, 0.5) is 4.39 Å². The van der Waals surface area contributed by atoms with Crippen molar-refractivity contribution in [1.82, 2.24) is 4.57 Å². The van der Waals surface area contributed by atoms with Gasteiger partial charge in [-0.3, -0.25) is 9.36 Å². The Labute approximate surface area is 127 Å². The second-order valence-corrected chi connectivity index (χ2v) is 4.83. The van der Waals surface area contributed by atoms with Crippen LogP contribution in [-0.2, 0) is 0 Å². The maximum Gasteiger partial charge on any atom is 0.255 e. The van der Waals surface area contributed by atoms with Crippen molar-refractivity contribution in [3.63, 3.8) is 0 Å². The Morgan fingerprint density at radius 1 is 0.864 bits per heavy atom. The molecule has 3 aromatic rings. The van der Waals surface area contributed by atoms with E-state index in [0.717, 1.165) is 16.9 Å². The molecule has 0 bridgehead atoms. The van der Waals surface area contributed by atoms with E-state index in [4.69, 9.17) is 4.74 Å². The summed E-state index contributed by atoms with van der Waals surface area (Å²) >= 11 is 0. The number of halogens is 1. The molecule has 3 nitrogen and oxygen atoms in total. The summed E-state index contributed by atoms with van der Waals surface area (Å²) in [6.07, 6.45) is 1.75. The summed E-state index contributed by atoms with van der Waals surface area (Å²) in [5, 5.41) is 0. The molecule has 0 aliphatic rings. The van der Waals surface area contributed by atoms with E-state index < -0.39 is 0 Å². The van der Waals surface area contributed by atoms with E-state index >= 15 is 0 Å². The number of hydrogen-bond acceptors (Lipinski definition) is 2. The predicted molar refractivity (Wildman–Crippen MR) is 84.0 cm³/mol. The van der Waals surface area contributed by atoms with Gasteiger partial charge in [0, 0.05) is 18.0 Å². The summed E-state index contributed by atoms with van der Waals surface area (Å²) in [5.74, 6) is 0.443. The lowest BCUT2D eigenvalue weighted by Gasteiger charge is -2.09. The lowest BCUT2D eigenvalue weighted by molar-refractivity contribution is 0.415. The fourth-order valence-corrected chi connectivity index (χ4v) is 2.24. The van der Waals surface area contributed by atoms with Crippen LogP contribution in [-0.4, -0.2) is 11.7 Å². The van der Waals surface area contributed by atoms with E-state index in [1.54, 1.807) is 31.5 Å². The molecule has 110 valence electrons. The van der Waals surface area contributed by atoms with Gasteiger partial charge in [-0.05, 0) is 53.6 Å². The average molecular weight is 295 g/mol. The summed E-state index contributed by atoms with van der Waals surface area (Å²) in [6, 6.07) is 16.7. The van der Waals surface area contributed by atoms with Gasteiger partial charge in [0.25, 0.3) is 5.56 Å². The second kappa shape index (κ2) is 5.85. The predicted octanol–water partition coefficient (Wildman–Crippen LogP) is 3.65. The molecule has 0 amide bonds. The molecule has 1 heterocycles. The molecule has 0 aliphatic heterocycles.